The van der Waals surface area contributed by atoms with Gasteiger partial charge in [0.05, 0.1) is 15.3 Å². The van der Waals surface area contributed by atoms with Crippen LogP contribution in [0.1, 0.15) is 0 Å². The van der Waals surface area contributed by atoms with Gasteiger partial charge in [0.15, 0.2) is 0 Å². The summed E-state index contributed by atoms with van der Waals surface area (Å²) in [5.41, 5.74) is 0. The van der Waals surface area contributed by atoms with E-state index in [9.17, 15) is 0 Å². The fourth-order valence-corrected chi connectivity index (χ4v) is 0. The molecule has 0 heterocycles. The zero-order valence-electron chi connectivity index (χ0n) is 6.63. The maximum absolute atomic E-state index is 8.25. The summed E-state index contributed by atoms with van der Waals surface area (Å²) in [5, 5.41) is 44.2. The van der Waals surface area contributed by atoms with E-state index in [1.807, 2.05) is 0 Å². The Kier molecular flexibility index (Phi) is 71.6. The van der Waals surface area contributed by atoms with E-state index in [-0.39, 0.29) is 53.6 Å². The second kappa shape index (κ2) is 29.2. The first-order valence-corrected chi connectivity index (χ1v) is 1.64. The molecule has 12 nitrogen and oxygen atoms in total. The molecule has 0 aliphatic carbocycles. The third-order valence-electron chi connectivity index (χ3n) is 0. The standard InChI is InChI=1S/Al.Co.3NO3.Zn/c;;3*2-1(3)4;/q+3;;3*-1;. The molecule has 0 saturated heterocycles. The van der Waals surface area contributed by atoms with E-state index in [1.165, 1.54) is 0 Å². The Balaban J connectivity index is -0.0000000184. The van der Waals surface area contributed by atoms with Crippen LogP contribution in [-0.2, 0) is 36.3 Å². The Morgan fingerprint density at radius 1 is 0.600 bits per heavy atom. The van der Waals surface area contributed by atoms with Gasteiger partial charge in [0.1, 0.15) is 0 Å². The van der Waals surface area contributed by atoms with Gasteiger partial charge in [0.25, 0.3) is 0 Å². The Bertz CT molecular complexity index is 123. The molecular weight excluding hydrogens is 337 g/mol. The van der Waals surface area contributed by atoms with Gasteiger partial charge in [0, 0.05) is 36.3 Å². The summed E-state index contributed by atoms with van der Waals surface area (Å²) in [5.74, 6) is 0. The van der Waals surface area contributed by atoms with Gasteiger partial charge < -0.3 is 46.0 Å². The van der Waals surface area contributed by atoms with Crippen LogP contribution in [0, 0.1) is 46.0 Å². The molecule has 83 valence electrons. The van der Waals surface area contributed by atoms with E-state index < -0.39 is 15.3 Å². The van der Waals surface area contributed by atoms with Crippen LogP contribution in [0.5, 0.6) is 0 Å². The van der Waals surface area contributed by atoms with Crippen molar-refractivity contribution in [3.05, 3.63) is 46.0 Å². The molecule has 1 radical (unpaired) electrons. The van der Waals surface area contributed by atoms with Gasteiger partial charge in [-0.2, -0.15) is 0 Å². The third kappa shape index (κ3) is 3090. The Morgan fingerprint density at radius 2 is 0.600 bits per heavy atom. The van der Waals surface area contributed by atoms with Crippen molar-refractivity contribution in [1.29, 1.82) is 0 Å². The molecule has 15 heteroatoms. The van der Waals surface area contributed by atoms with Crippen molar-refractivity contribution in [2.24, 2.45) is 0 Å². The molecule has 0 amide bonds. The first-order chi connectivity index (χ1) is 5.20. The summed E-state index contributed by atoms with van der Waals surface area (Å²) in [6.07, 6.45) is 0. The van der Waals surface area contributed by atoms with Crippen LogP contribution in [0.2, 0.25) is 0 Å². The Hall–Kier alpha value is -0.738. The van der Waals surface area contributed by atoms with Crippen LogP contribution in [0.4, 0.5) is 0 Å². The maximum Gasteiger partial charge on any atom is 3.00 e. The average Bonchev–Trinajstić information content (AvgIpc) is 1.54. The fourth-order valence-electron chi connectivity index (χ4n) is 0. The number of hydrogen-bond donors (Lipinski definition) is 0. The predicted octanol–water partition coefficient (Wildman–Crippen LogP) is -1.10. The van der Waals surface area contributed by atoms with E-state index >= 15 is 0 Å². The monoisotopic (exact) mass is 336 g/mol. The van der Waals surface area contributed by atoms with Crippen LogP contribution in [0.15, 0.2) is 0 Å². The molecule has 0 spiro atoms. The molecule has 0 aliphatic rings. The van der Waals surface area contributed by atoms with Gasteiger partial charge in [-0.1, -0.05) is 0 Å². The topological polar surface area (TPSA) is 199 Å². The van der Waals surface area contributed by atoms with Gasteiger partial charge in [-0.25, -0.2) is 0 Å². The van der Waals surface area contributed by atoms with Crippen molar-refractivity contribution < 1.29 is 51.5 Å². The van der Waals surface area contributed by atoms with Crippen molar-refractivity contribution in [3.63, 3.8) is 0 Å². The van der Waals surface area contributed by atoms with Gasteiger partial charge in [-0.3, -0.25) is 0 Å². The first-order valence-electron chi connectivity index (χ1n) is 1.64. The Labute approximate surface area is 115 Å². The molecular formula is AlCoN3O9Zn. The largest absolute Gasteiger partial charge is 3.00 e. The van der Waals surface area contributed by atoms with Gasteiger partial charge in [0.2, 0.25) is 0 Å². The minimum absolute atomic E-state index is 0. The zero-order chi connectivity index (χ0) is 10.7. The summed E-state index contributed by atoms with van der Waals surface area (Å²) in [7, 11) is 0. The van der Waals surface area contributed by atoms with Crippen LogP contribution in [0.3, 0.4) is 0 Å². The molecule has 0 saturated carbocycles. The second-order valence-electron chi connectivity index (χ2n) is 0.671. The molecule has 0 aromatic rings. The molecule has 0 unspecified atom stereocenters. The van der Waals surface area contributed by atoms with Crippen LogP contribution in [-0.4, -0.2) is 32.6 Å². The molecule has 0 fully saturated rings. The molecule has 0 rings (SSSR count). The van der Waals surface area contributed by atoms with Crippen LogP contribution in [0.25, 0.3) is 0 Å². The van der Waals surface area contributed by atoms with E-state index in [4.69, 9.17) is 46.0 Å². The number of nitrogens with zero attached hydrogens (tertiary/aromatic N) is 3. The minimum atomic E-state index is -1.75. The second-order valence-corrected chi connectivity index (χ2v) is 0.671. The minimum Gasteiger partial charge on any atom is -0.356 e. The quantitative estimate of drug-likeness (QED) is 0.298. The van der Waals surface area contributed by atoms with Crippen LogP contribution >= 0.6 is 0 Å². The van der Waals surface area contributed by atoms with Crippen LogP contribution < -0.4 is 0 Å². The van der Waals surface area contributed by atoms with E-state index in [1.54, 1.807) is 0 Å². The summed E-state index contributed by atoms with van der Waals surface area (Å²) in [6.45, 7) is 0. The van der Waals surface area contributed by atoms with Crippen molar-refractivity contribution in [2.45, 2.75) is 0 Å². The molecule has 0 aliphatic heterocycles. The summed E-state index contributed by atoms with van der Waals surface area (Å²) >= 11 is 0. The average molecular weight is 337 g/mol. The number of hydrogen-bond acceptors (Lipinski definition) is 9. The number of rotatable bonds is 0. The summed E-state index contributed by atoms with van der Waals surface area (Å²) in [6, 6.07) is 0. The van der Waals surface area contributed by atoms with Gasteiger partial charge >= 0.3 is 17.4 Å². The summed E-state index contributed by atoms with van der Waals surface area (Å²) in [4.78, 5) is 24.8. The van der Waals surface area contributed by atoms with Crippen molar-refractivity contribution in [1.82, 2.24) is 0 Å². The van der Waals surface area contributed by atoms with Crippen molar-refractivity contribution in [2.75, 3.05) is 0 Å². The SMILES string of the molecule is O=[N+]([O-])[O-].O=[N+]([O-])[O-].O=[N+]([O-])[O-].[Al+3].[Co].[Zn]. The molecule has 0 aromatic heterocycles. The molecule has 15 heavy (non-hydrogen) atoms. The molecule has 0 N–H and O–H groups in total. The molecule has 0 atom stereocenters. The third-order valence-corrected chi connectivity index (χ3v) is 0. The van der Waals surface area contributed by atoms with Crippen molar-refractivity contribution >= 4 is 17.4 Å². The van der Waals surface area contributed by atoms with E-state index in [0.29, 0.717) is 0 Å². The molecule has 0 aromatic carbocycles. The maximum atomic E-state index is 8.25. The molecule has 0 bridgehead atoms. The Morgan fingerprint density at radius 3 is 0.600 bits per heavy atom. The smallest absolute Gasteiger partial charge is 0.356 e. The first kappa shape index (κ1) is 36.7. The van der Waals surface area contributed by atoms with E-state index in [2.05, 4.69) is 0 Å². The zero-order valence-corrected chi connectivity index (χ0v) is 11.8. The van der Waals surface area contributed by atoms with Gasteiger partial charge in [-0.05, 0) is 0 Å². The van der Waals surface area contributed by atoms with Crippen molar-refractivity contribution in [3.8, 4) is 0 Å². The predicted molar refractivity (Wildman–Crippen MR) is 36.8 cm³/mol. The van der Waals surface area contributed by atoms with Gasteiger partial charge in [-0.15, -0.1) is 0 Å². The fraction of sp³-hybridized carbons (Fsp3) is 0. The summed E-state index contributed by atoms with van der Waals surface area (Å²) < 4.78 is 0. The van der Waals surface area contributed by atoms with E-state index in [0.717, 1.165) is 0 Å². The normalized spacial score (nSPS) is 4.80.